The Hall–Kier alpha value is -1.42. The molecule has 4 heteroatoms. The molecule has 0 fully saturated rings. The summed E-state index contributed by atoms with van der Waals surface area (Å²) in [5.41, 5.74) is 0.531. The molecule has 0 bridgehead atoms. The van der Waals surface area contributed by atoms with E-state index in [1.54, 1.807) is 6.07 Å². The van der Waals surface area contributed by atoms with Crippen molar-refractivity contribution in [2.45, 2.75) is 32.7 Å². The van der Waals surface area contributed by atoms with Crippen molar-refractivity contribution in [2.75, 3.05) is 13.6 Å². The molecular weight excluding hydrogens is 233 g/mol. The van der Waals surface area contributed by atoms with Crippen LogP contribution in [-0.4, -0.2) is 29.6 Å². The lowest BCUT2D eigenvalue weighted by atomic mass is 10.1. The first-order valence-electron chi connectivity index (χ1n) is 6.25. The number of nitrogens with zero attached hydrogens (tertiary/aromatic N) is 1. The van der Waals surface area contributed by atoms with Crippen LogP contribution >= 0.6 is 0 Å². The number of aromatic carboxylic acids is 1. The number of unbranched alkanes of at least 4 members (excludes halogenated alkanes) is 2. The molecule has 1 N–H and O–H groups in total. The van der Waals surface area contributed by atoms with E-state index in [2.05, 4.69) is 11.8 Å². The Balaban J connectivity index is 2.57. The predicted octanol–water partition coefficient (Wildman–Crippen LogP) is 3.15. The van der Waals surface area contributed by atoms with E-state index in [-0.39, 0.29) is 5.56 Å². The van der Waals surface area contributed by atoms with Gasteiger partial charge in [-0.1, -0.05) is 25.8 Å². The van der Waals surface area contributed by atoms with Gasteiger partial charge in [0.1, 0.15) is 5.82 Å². The van der Waals surface area contributed by atoms with Gasteiger partial charge in [0.05, 0.1) is 5.56 Å². The van der Waals surface area contributed by atoms with Gasteiger partial charge in [-0.15, -0.1) is 0 Å². The molecule has 100 valence electrons. The Kier molecular flexibility index (Phi) is 5.78. The van der Waals surface area contributed by atoms with Gasteiger partial charge in [-0.05, 0) is 37.7 Å². The third-order valence-corrected chi connectivity index (χ3v) is 2.86. The number of halogens is 1. The fourth-order valence-electron chi connectivity index (χ4n) is 1.85. The Morgan fingerprint density at radius 3 is 2.67 bits per heavy atom. The van der Waals surface area contributed by atoms with E-state index in [0.29, 0.717) is 6.54 Å². The summed E-state index contributed by atoms with van der Waals surface area (Å²) in [7, 11) is 1.98. The van der Waals surface area contributed by atoms with Gasteiger partial charge in [-0.2, -0.15) is 0 Å². The van der Waals surface area contributed by atoms with Crippen LogP contribution in [0.25, 0.3) is 0 Å². The molecule has 3 nitrogen and oxygen atoms in total. The van der Waals surface area contributed by atoms with Crippen LogP contribution in [0.3, 0.4) is 0 Å². The SMILES string of the molecule is CCCCCN(C)Cc1ccc(C(=O)O)c(F)c1. The average Bonchev–Trinajstić information content (AvgIpc) is 2.28. The molecule has 1 aromatic carbocycles. The summed E-state index contributed by atoms with van der Waals surface area (Å²) in [6, 6.07) is 4.30. The molecule has 0 atom stereocenters. The molecule has 0 saturated heterocycles. The molecular formula is C14H20FNO2. The summed E-state index contributed by atoms with van der Waals surface area (Å²) < 4.78 is 13.5. The Morgan fingerprint density at radius 2 is 2.11 bits per heavy atom. The maximum Gasteiger partial charge on any atom is 0.338 e. The minimum atomic E-state index is -1.23. The molecule has 1 rings (SSSR count). The van der Waals surface area contributed by atoms with Crippen molar-refractivity contribution < 1.29 is 14.3 Å². The summed E-state index contributed by atoms with van der Waals surface area (Å²) in [6.45, 7) is 3.76. The molecule has 0 unspecified atom stereocenters. The lowest BCUT2D eigenvalue weighted by molar-refractivity contribution is 0.0692. The zero-order valence-electron chi connectivity index (χ0n) is 10.9. The van der Waals surface area contributed by atoms with E-state index in [0.717, 1.165) is 18.5 Å². The largest absolute Gasteiger partial charge is 0.478 e. The van der Waals surface area contributed by atoms with Gasteiger partial charge >= 0.3 is 5.97 Å². The maximum absolute atomic E-state index is 13.5. The van der Waals surface area contributed by atoms with Gasteiger partial charge < -0.3 is 10.0 Å². The highest BCUT2D eigenvalue weighted by Gasteiger charge is 2.10. The monoisotopic (exact) mass is 253 g/mol. The first-order chi connectivity index (χ1) is 8.54. The predicted molar refractivity (Wildman–Crippen MR) is 69.2 cm³/mol. The molecule has 1 aromatic rings. The van der Waals surface area contributed by atoms with E-state index < -0.39 is 11.8 Å². The van der Waals surface area contributed by atoms with Gasteiger partial charge in [0.15, 0.2) is 0 Å². The van der Waals surface area contributed by atoms with Crippen LogP contribution in [0.1, 0.15) is 42.1 Å². The van der Waals surface area contributed by atoms with Crippen molar-refractivity contribution in [3.63, 3.8) is 0 Å². The van der Waals surface area contributed by atoms with E-state index in [4.69, 9.17) is 5.11 Å². The highest BCUT2D eigenvalue weighted by Crippen LogP contribution is 2.12. The van der Waals surface area contributed by atoms with Crippen molar-refractivity contribution in [3.8, 4) is 0 Å². The molecule has 0 saturated carbocycles. The molecule has 18 heavy (non-hydrogen) atoms. The van der Waals surface area contributed by atoms with Crippen LogP contribution in [-0.2, 0) is 6.54 Å². The van der Waals surface area contributed by atoms with Crippen molar-refractivity contribution in [1.29, 1.82) is 0 Å². The highest BCUT2D eigenvalue weighted by molar-refractivity contribution is 5.87. The van der Waals surface area contributed by atoms with Gasteiger partial charge in [0, 0.05) is 6.54 Å². The fraction of sp³-hybridized carbons (Fsp3) is 0.500. The topological polar surface area (TPSA) is 40.5 Å². The van der Waals surface area contributed by atoms with E-state index in [9.17, 15) is 9.18 Å². The van der Waals surface area contributed by atoms with Gasteiger partial charge in [0.2, 0.25) is 0 Å². The average molecular weight is 253 g/mol. The maximum atomic E-state index is 13.5. The molecule has 0 aliphatic heterocycles. The van der Waals surface area contributed by atoms with Crippen molar-refractivity contribution >= 4 is 5.97 Å². The summed E-state index contributed by atoms with van der Waals surface area (Å²) in [6.07, 6.45) is 3.50. The number of hydrogen-bond acceptors (Lipinski definition) is 2. The quantitative estimate of drug-likeness (QED) is 0.759. The van der Waals surface area contributed by atoms with Gasteiger partial charge in [0.25, 0.3) is 0 Å². The molecule has 0 aromatic heterocycles. The van der Waals surface area contributed by atoms with Crippen LogP contribution in [0.15, 0.2) is 18.2 Å². The minimum Gasteiger partial charge on any atom is -0.478 e. The van der Waals surface area contributed by atoms with Crippen LogP contribution in [0.2, 0.25) is 0 Å². The van der Waals surface area contributed by atoms with Crippen LogP contribution in [0.5, 0.6) is 0 Å². The Labute approximate surface area is 107 Å². The highest BCUT2D eigenvalue weighted by atomic mass is 19.1. The summed E-state index contributed by atoms with van der Waals surface area (Å²) in [5.74, 6) is -1.89. The van der Waals surface area contributed by atoms with Crippen LogP contribution < -0.4 is 0 Å². The normalized spacial score (nSPS) is 10.9. The zero-order chi connectivity index (χ0) is 13.5. The molecule has 0 radical (unpaired) electrons. The molecule has 0 aliphatic rings. The van der Waals surface area contributed by atoms with Crippen molar-refractivity contribution in [2.24, 2.45) is 0 Å². The van der Waals surface area contributed by atoms with E-state index in [1.165, 1.54) is 25.0 Å². The fourth-order valence-corrected chi connectivity index (χ4v) is 1.85. The van der Waals surface area contributed by atoms with Crippen molar-refractivity contribution in [3.05, 3.63) is 35.1 Å². The number of rotatable bonds is 7. The first-order valence-corrected chi connectivity index (χ1v) is 6.25. The number of carbonyl (C=O) groups is 1. The van der Waals surface area contributed by atoms with Crippen LogP contribution in [0.4, 0.5) is 4.39 Å². The number of carboxylic acids is 1. The Bertz CT molecular complexity index is 407. The van der Waals surface area contributed by atoms with Crippen molar-refractivity contribution in [1.82, 2.24) is 4.90 Å². The molecule has 0 amide bonds. The first kappa shape index (κ1) is 14.6. The third kappa shape index (κ3) is 4.45. The number of carboxylic acid groups (broad SMARTS) is 1. The van der Waals surface area contributed by atoms with Gasteiger partial charge in [-0.3, -0.25) is 0 Å². The minimum absolute atomic E-state index is 0.271. The third-order valence-electron chi connectivity index (χ3n) is 2.86. The van der Waals surface area contributed by atoms with Gasteiger partial charge in [-0.25, -0.2) is 9.18 Å². The summed E-state index contributed by atoms with van der Waals surface area (Å²) >= 11 is 0. The second-order valence-corrected chi connectivity index (χ2v) is 4.56. The second kappa shape index (κ2) is 7.11. The zero-order valence-corrected chi connectivity index (χ0v) is 10.9. The molecule has 0 spiro atoms. The number of benzene rings is 1. The Morgan fingerprint density at radius 1 is 1.39 bits per heavy atom. The van der Waals surface area contributed by atoms with E-state index >= 15 is 0 Å². The smallest absolute Gasteiger partial charge is 0.338 e. The standard InChI is InChI=1S/C14H20FNO2/c1-3-4-5-8-16(2)10-11-6-7-12(14(17)18)13(15)9-11/h6-7,9H,3-5,8,10H2,1-2H3,(H,17,18). The second-order valence-electron chi connectivity index (χ2n) is 4.56. The molecule has 0 heterocycles. The lowest BCUT2D eigenvalue weighted by Crippen LogP contribution is -2.19. The molecule has 0 aliphatic carbocycles. The lowest BCUT2D eigenvalue weighted by Gasteiger charge is -2.16. The summed E-state index contributed by atoms with van der Waals surface area (Å²) in [4.78, 5) is 12.8. The van der Waals surface area contributed by atoms with E-state index in [1.807, 2.05) is 7.05 Å². The number of hydrogen-bond donors (Lipinski definition) is 1. The van der Waals surface area contributed by atoms with Crippen LogP contribution in [0, 0.1) is 5.82 Å². The summed E-state index contributed by atoms with van der Waals surface area (Å²) in [5, 5.41) is 8.73.